The lowest BCUT2D eigenvalue weighted by Gasteiger charge is -2.30. The molecule has 2 aromatic rings. The van der Waals surface area contributed by atoms with Crippen LogP contribution in [0.4, 0.5) is 0 Å². The Kier molecular flexibility index (Phi) is 4.53. The lowest BCUT2D eigenvalue weighted by molar-refractivity contribution is -0.0108. The van der Waals surface area contributed by atoms with Crippen molar-refractivity contribution in [2.45, 2.75) is 31.9 Å². The number of nitrogens with zero attached hydrogens (tertiary/aromatic N) is 2. The summed E-state index contributed by atoms with van der Waals surface area (Å²) in [5.41, 5.74) is 2.16. The standard InChI is InChI=1S/C20H22Cl2N2O/c1-13-5-6-18(23-9-13)20(25)8-7-14-10-24(12-16(14)20)11-15-3-2-4-17(21)19(15)22/h2-6,9,14,16,25H,7-8,10-12H2,1H3/t14-,16+,20-/m0/s1. The molecule has 0 unspecified atom stereocenters. The molecule has 132 valence electrons. The number of fused-ring (bicyclic) bond motifs is 1. The summed E-state index contributed by atoms with van der Waals surface area (Å²) in [6.07, 6.45) is 3.68. The number of halogens is 2. The fourth-order valence-electron chi connectivity index (χ4n) is 4.47. The van der Waals surface area contributed by atoms with Gasteiger partial charge in [0.2, 0.25) is 0 Å². The SMILES string of the molecule is Cc1ccc([C@]2(O)CC[C@H]3CN(Cc4cccc(Cl)c4Cl)C[C@H]32)nc1. The fourth-order valence-corrected chi connectivity index (χ4v) is 4.85. The zero-order valence-electron chi connectivity index (χ0n) is 14.3. The van der Waals surface area contributed by atoms with Gasteiger partial charge in [-0.15, -0.1) is 0 Å². The lowest BCUT2D eigenvalue weighted by atomic mass is 9.85. The Morgan fingerprint density at radius 3 is 2.84 bits per heavy atom. The third-order valence-electron chi connectivity index (χ3n) is 5.81. The van der Waals surface area contributed by atoms with E-state index < -0.39 is 5.60 Å². The van der Waals surface area contributed by atoms with Crippen LogP contribution in [0, 0.1) is 18.8 Å². The van der Waals surface area contributed by atoms with E-state index >= 15 is 0 Å². The van der Waals surface area contributed by atoms with Gasteiger partial charge in [-0.2, -0.15) is 0 Å². The van der Waals surface area contributed by atoms with Crippen LogP contribution >= 0.6 is 23.2 Å². The Balaban J connectivity index is 1.53. The smallest absolute Gasteiger partial charge is 0.111 e. The van der Waals surface area contributed by atoms with Crippen LogP contribution in [0.15, 0.2) is 36.5 Å². The maximum Gasteiger partial charge on any atom is 0.111 e. The zero-order chi connectivity index (χ0) is 17.6. The molecule has 1 saturated heterocycles. The van der Waals surface area contributed by atoms with E-state index in [-0.39, 0.29) is 5.92 Å². The van der Waals surface area contributed by atoms with Gasteiger partial charge in [0.15, 0.2) is 0 Å². The molecule has 1 saturated carbocycles. The molecule has 1 aromatic carbocycles. The molecule has 2 aliphatic rings. The highest BCUT2D eigenvalue weighted by molar-refractivity contribution is 6.42. The molecule has 5 heteroatoms. The summed E-state index contributed by atoms with van der Waals surface area (Å²) < 4.78 is 0. The number of aliphatic hydroxyl groups is 1. The van der Waals surface area contributed by atoms with E-state index in [0.717, 1.165) is 49.3 Å². The summed E-state index contributed by atoms with van der Waals surface area (Å²) >= 11 is 12.5. The number of benzene rings is 1. The molecule has 25 heavy (non-hydrogen) atoms. The van der Waals surface area contributed by atoms with Gasteiger partial charge < -0.3 is 5.11 Å². The van der Waals surface area contributed by atoms with E-state index in [1.807, 2.05) is 43.5 Å². The summed E-state index contributed by atoms with van der Waals surface area (Å²) in [6, 6.07) is 9.79. The van der Waals surface area contributed by atoms with E-state index in [9.17, 15) is 5.11 Å². The molecular formula is C20H22Cl2N2O. The Bertz CT molecular complexity index is 780. The minimum Gasteiger partial charge on any atom is -0.383 e. The van der Waals surface area contributed by atoms with Crippen LogP contribution in [-0.2, 0) is 12.1 Å². The summed E-state index contributed by atoms with van der Waals surface area (Å²) in [4.78, 5) is 6.90. The average molecular weight is 377 g/mol. The van der Waals surface area contributed by atoms with Crippen LogP contribution < -0.4 is 0 Å². The van der Waals surface area contributed by atoms with Gasteiger partial charge in [0.05, 0.1) is 15.7 Å². The van der Waals surface area contributed by atoms with Gasteiger partial charge in [0, 0.05) is 31.7 Å². The maximum atomic E-state index is 11.4. The van der Waals surface area contributed by atoms with Crippen molar-refractivity contribution in [1.82, 2.24) is 9.88 Å². The number of rotatable bonds is 3. The van der Waals surface area contributed by atoms with Crippen LogP contribution in [-0.4, -0.2) is 28.1 Å². The third-order valence-corrected chi connectivity index (χ3v) is 6.66. The molecule has 0 amide bonds. The first kappa shape index (κ1) is 17.3. The minimum atomic E-state index is -0.814. The highest BCUT2D eigenvalue weighted by atomic mass is 35.5. The van der Waals surface area contributed by atoms with Crippen molar-refractivity contribution < 1.29 is 5.11 Å². The van der Waals surface area contributed by atoms with E-state index in [1.165, 1.54) is 0 Å². The largest absolute Gasteiger partial charge is 0.383 e. The molecule has 0 spiro atoms. The molecule has 1 aromatic heterocycles. The number of hydrogen-bond acceptors (Lipinski definition) is 3. The number of aromatic nitrogens is 1. The van der Waals surface area contributed by atoms with Gasteiger partial charge >= 0.3 is 0 Å². The van der Waals surface area contributed by atoms with Crippen LogP contribution in [0.3, 0.4) is 0 Å². The molecule has 1 aliphatic heterocycles. The van der Waals surface area contributed by atoms with Crippen LogP contribution in [0.5, 0.6) is 0 Å². The number of aryl methyl sites for hydroxylation is 1. The van der Waals surface area contributed by atoms with Crippen molar-refractivity contribution in [3.05, 3.63) is 63.4 Å². The number of likely N-dealkylation sites (tertiary alicyclic amines) is 1. The van der Waals surface area contributed by atoms with Gasteiger partial charge in [-0.1, -0.05) is 41.4 Å². The summed E-state index contributed by atoms with van der Waals surface area (Å²) in [7, 11) is 0. The Morgan fingerprint density at radius 2 is 2.08 bits per heavy atom. The lowest BCUT2D eigenvalue weighted by Crippen LogP contribution is -2.35. The van der Waals surface area contributed by atoms with E-state index in [4.69, 9.17) is 23.2 Å². The van der Waals surface area contributed by atoms with Gasteiger partial charge in [0.1, 0.15) is 5.60 Å². The molecule has 0 bridgehead atoms. The Hall–Kier alpha value is -1.13. The van der Waals surface area contributed by atoms with Crippen molar-refractivity contribution in [2.24, 2.45) is 11.8 Å². The zero-order valence-corrected chi connectivity index (χ0v) is 15.8. The highest BCUT2D eigenvalue weighted by Gasteiger charge is 2.53. The van der Waals surface area contributed by atoms with Gasteiger partial charge in [-0.05, 0) is 48.9 Å². The molecule has 1 N–H and O–H groups in total. The highest BCUT2D eigenvalue weighted by Crippen LogP contribution is 2.50. The minimum absolute atomic E-state index is 0.223. The predicted octanol–water partition coefficient (Wildman–Crippen LogP) is 4.43. The topological polar surface area (TPSA) is 36.4 Å². The molecule has 3 atom stereocenters. The fraction of sp³-hybridized carbons (Fsp3) is 0.450. The second-order valence-corrected chi connectivity index (χ2v) is 8.24. The second-order valence-electron chi connectivity index (χ2n) is 7.46. The van der Waals surface area contributed by atoms with Gasteiger partial charge in [-0.25, -0.2) is 0 Å². The van der Waals surface area contributed by atoms with Crippen LogP contribution in [0.2, 0.25) is 10.0 Å². The quantitative estimate of drug-likeness (QED) is 0.860. The molecule has 3 nitrogen and oxygen atoms in total. The number of hydrogen-bond donors (Lipinski definition) is 1. The van der Waals surface area contributed by atoms with Crippen molar-refractivity contribution >= 4 is 23.2 Å². The monoisotopic (exact) mass is 376 g/mol. The van der Waals surface area contributed by atoms with E-state index in [1.54, 1.807) is 0 Å². The summed E-state index contributed by atoms with van der Waals surface area (Å²) in [5.74, 6) is 0.728. The molecule has 2 heterocycles. The first-order valence-corrected chi connectivity index (χ1v) is 9.54. The second kappa shape index (κ2) is 6.55. The maximum absolute atomic E-state index is 11.4. The Labute approximate surface area is 158 Å². The molecule has 0 radical (unpaired) electrons. The Morgan fingerprint density at radius 1 is 1.24 bits per heavy atom. The first-order chi connectivity index (χ1) is 12.0. The van der Waals surface area contributed by atoms with Crippen molar-refractivity contribution in [1.29, 1.82) is 0 Å². The predicted molar refractivity (Wildman–Crippen MR) is 101 cm³/mol. The van der Waals surface area contributed by atoms with Crippen LogP contribution in [0.1, 0.15) is 29.7 Å². The molecule has 1 aliphatic carbocycles. The number of pyridine rings is 1. The van der Waals surface area contributed by atoms with Crippen LogP contribution in [0.25, 0.3) is 0 Å². The van der Waals surface area contributed by atoms with Crippen molar-refractivity contribution in [2.75, 3.05) is 13.1 Å². The normalized spacial score (nSPS) is 29.1. The third kappa shape index (κ3) is 3.08. The first-order valence-electron chi connectivity index (χ1n) is 8.78. The van der Waals surface area contributed by atoms with E-state index in [2.05, 4.69) is 9.88 Å². The van der Waals surface area contributed by atoms with Crippen molar-refractivity contribution in [3.8, 4) is 0 Å². The summed E-state index contributed by atoms with van der Waals surface area (Å²) in [5, 5.41) is 12.6. The van der Waals surface area contributed by atoms with E-state index in [0.29, 0.717) is 16.0 Å². The van der Waals surface area contributed by atoms with Gasteiger partial charge in [0.25, 0.3) is 0 Å². The molecular weight excluding hydrogens is 355 g/mol. The average Bonchev–Trinajstić information content (AvgIpc) is 3.13. The molecule has 2 fully saturated rings. The van der Waals surface area contributed by atoms with Crippen molar-refractivity contribution in [3.63, 3.8) is 0 Å². The molecule has 4 rings (SSSR count). The van der Waals surface area contributed by atoms with Gasteiger partial charge in [-0.3, -0.25) is 9.88 Å². The summed E-state index contributed by atoms with van der Waals surface area (Å²) in [6.45, 7) is 4.63.